The predicted molar refractivity (Wildman–Crippen MR) is 75.4 cm³/mol. The lowest BCUT2D eigenvalue weighted by Gasteiger charge is -2.14. The third-order valence-electron chi connectivity index (χ3n) is 2.91. The third-order valence-corrected chi connectivity index (χ3v) is 2.91. The molecule has 108 valence electrons. The van der Waals surface area contributed by atoms with Crippen molar-refractivity contribution in [1.82, 2.24) is 0 Å². The van der Waals surface area contributed by atoms with Gasteiger partial charge in [0, 0.05) is 0 Å². The molecule has 0 aliphatic carbocycles. The maximum Gasteiger partial charge on any atom is 0.337 e. The fourth-order valence-electron chi connectivity index (χ4n) is 1.83. The monoisotopic (exact) mass is 288 g/mol. The smallest absolute Gasteiger partial charge is 0.337 e. The molecule has 0 aromatic heterocycles. The minimum Gasteiger partial charge on any atom is -0.478 e. The maximum atomic E-state index is 13.2. The van der Waals surface area contributed by atoms with E-state index in [4.69, 9.17) is 10.8 Å². The topological polar surface area (TPSA) is 92.4 Å². The number of nitrogens with one attached hydrogen (secondary N) is 1. The molecule has 2 aromatic carbocycles. The first-order chi connectivity index (χ1) is 9.99. The lowest BCUT2D eigenvalue weighted by atomic mass is 10.1. The summed E-state index contributed by atoms with van der Waals surface area (Å²) in [7, 11) is 0. The molecular formula is C15H13FN2O3. The van der Waals surface area contributed by atoms with Crippen LogP contribution in [-0.4, -0.2) is 17.0 Å². The Hall–Kier alpha value is -2.73. The van der Waals surface area contributed by atoms with Crippen LogP contribution in [-0.2, 0) is 4.79 Å². The molecule has 0 bridgehead atoms. The summed E-state index contributed by atoms with van der Waals surface area (Å²) >= 11 is 0. The van der Waals surface area contributed by atoms with E-state index in [9.17, 15) is 14.0 Å². The number of anilines is 1. The van der Waals surface area contributed by atoms with Crippen LogP contribution in [0.5, 0.6) is 0 Å². The molecule has 4 N–H and O–H groups in total. The second kappa shape index (κ2) is 6.15. The number of carboxylic acids is 1. The van der Waals surface area contributed by atoms with Gasteiger partial charge in [-0.25, -0.2) is 9.18 Å². The van der Waals surface area contributed by atoms with Gasteiger partial charge in [0.15, 0.2) is 0 Å². The summed E-state index contributed by atoms with van der Waals surface area (Å²) < 4.78 is 13.2. The van der Waals surface area contributed by atoms with Gasteiger partial charge in [0.25, 0.3) is 0 Å². The number of halogens is 1. The van der Waals surface area contributed by atoms with Crippen LogP contribution in [0.25, 0.3) is 0 Å². The number of rotatable bonds is 4. The number of amides is 1. The minimum absolute atomic E-state index is 0.126. The SMILES string of the molecule is N[C@H](C(=O)Nc1cc(F)ccc1C(=O)O)c1ccccc1. The van der Waals surface area contributed by atoms with Crippen molar-refractivity contribution in [3.63, 3.8) is 0 Å². The Labute approximate surface area is 120 Å². The molecule has 0 saturated carbocycles. The summed E-state index contributed by atoms with van der Waals surface area (Å²) in [6, 6.07) is 10.7. The Kier molecular flexibility index (Phi) is 4.30. The number of aromatic carboxylic acids is 1. The number of hydrogen-bond donors (Lipinski definition) is 3. The molecule has 2 rings (SSSR count). The Morgan fingerprint density at radius 3 is 2.43 bits per heavy atom. The van der Waals surface area contributed by atoms with Crippen molar-refractivity contribution in [2.45, 2.75) is 6.04 Å². The van der Waals surface area contributed by atoms with E-state index in [0.29, 0.717) is 5.56 Å². The van der Waals surface area contributed by atoms with Crippen LogP contribution in [0.4, 0.5) is 10.1 Å². The molecule has 0 heterocycles. The van der Waals surface area contributed by atoms with E-state index >= 15 is 0 Å². The molecule has 2 aromatic rings. The van der Waals surface area contributed by atoms with Crippen molar-refractivity contribution >= 4 is 17.6 Å². The fraction of sp³-hybridized carbons (Fsp3) is 0.0667. The predicted octanol–water partition coefficient (Wildman–Crippen LogP) is 2.16. The molecule has 0 aliphatic rings. The van der Waals surface area contributed by atoms with Crippen molar-refractivity contribution in [3.05, 3.63) is 65.5 Å². The van der Waals surface area contributed by atoms with Gasteiger partial charge in [0.2, 0.25) is 5.91 Å². The summed E-state index contributed by atoms with van der Waals surface area (Å²) in [6.07, 6.45) is 0. The number of benzene rings is 2. The highest BCUT2D eigenvalue weighted by Gasteiger charge is 2.19. The van der Waals surface area contributed by atoms with E-state index in [2.05, 4.69) is 5.32 Å². The van der Waals surface area contributed by atoms with Gasteiger partial charge in [-0.05, 0) is 23.8 Å². The van der Waals surface area contributed by atoms with Gasteiger partial charge in [-0.1, -0.05) is 30.3 Å². The van der Waals surface area contributed by atoms with Gasteiger partial charge in [-0.15, -0.1) is 0 Å². The van der Waals surface area contributed by atoms with Crippen molar-refractivity contribution in [1.29, 1.82) is 0 Å². The Balaban J connectivity index is 2.24. The highest BCUT2D eigenvalue weighted by atomic mass is 19.1. The number of carbonyl (C=O) groups is 2. The van der Waals surface area contributed by atoms with E-state index in [-0.39, 0.29) is 11.3 Å². The first kappa shape index (κ1) is 14.7. The van der Waals surface area contributed by atoms with Crippen LogP contribution < -0.4 is 11.1 Å². The summed E-state index contributed by atoms with van der Waals surface area (Å²) in [5.74, 6) is -2.53. The average Bonchev–Trinajstić information content (AvgIpc) is 2.47. The van der Waals surface area contributed by atoms with Gasteiger partial charge in [0.05, 0.1) is 11.3 Å². The average molecular weight is 288 g/mol. The largest absolute Gasteiger partial charge is 0.478 e. The molecule has 0 unspecified atom stereocenters. The zero-order valence-electron chi connectivity index (χ0n) is 10.9. The second-order valence-corrected chi connectivity index (χ2v) is 4.37. The van der Waals surface area contributed by atoms with Crippen LogP contribution in [0.2, 0.25) is 0 Å². The highest BCUT2D eigenvalue weighted by Crippen LogP contribution is 2.19. The Morgan fingerprint density at radius 2 is 1.81 bits per heavy atom. The van der Waals surface area contributed by atoms with Gasteiger partial charge < -0.3 is 16.2 Å². The van der Waals surface area contributed by atoms with E-state index in [1.165, 1.54) is 0 Å². The number of nitrogens with two attached hydrogens (primary N) is 1. The molecule has 0 saturated heterocycles. The molecule has 1 atom stereocenters. The van der Waals surface area contributed by atoms with Crippen molar-refractivity contribution < 1.29 is 19.1 Å². The van der Waals surface area contributed by atoms with Gasteiger partial charge >= 0.3 is 5.97 Å². The summed E-state index contributed by atoms with van der Waals surface area (Å²) in [5, 5.41) is 11.4. The zero-order valence-corrected chi connectivity index (χ0v) is 10.9. The van der Waals surface area contributed by atoms with E-state index in [1.54, 1.807) is 30.3 Å². The molecule has 0 fully saturated rings. The summed E-state index contributed by atoms with van der Waals surface area (Å²) in [5.41, 5.74) is 6.04. The van der Waals surface area contributed by atoms with E-state index in [1.807, 2.05) is 0 Å². The number of carboxylic acid groups (broad SMARTS) is 1. The molecule has 21 heavy (non-hydrogen) atoms. The maximum absolute atomic E-state index is 13.2. The van der Waals surface area contributed by atoms with Gasteiger partial charge in [0.1, 0.15) is 11.9 Å². The minimum atomic E-state index is -1.27. The van der Waals surface area contributed by atoms with Gasteiger partial charge in [-0.2, -0.15) is 0 Å². The normalized spacial score (nSPS) is 11.7. The second-order valence-electron chi connectivity index (χ2n) is 4.37. The molecule has 0 aliphatic heterocycles. The Morgan fingerprint density at radius 1 is 1.14 bits per heavy atom. The lowest BCUT2D eigenvalue weighted by molar-refractivity contribution is -0.117. The van der Waals surface area contributed by atoms with Crippen molar-refractivity contribution in [2.24, 2.45) is 5.73 Å². The fourth-order valence-corrected chi connectivity index (χ4v) is 1.83. The number of carbonyl (C=O) groups excluding carboxylic acids is 1. The van der Waals surface area contributed by atoms with Crippen LogP contribution in [0.15, 0.2) is 48.5 Å². The quantitative estimate of drug-likeness (QED) is 0.803. The number of hydrogen-bond acceptors (Lipinski definition) is 3. The van der Waals surface area contributed by atoms with Crippen LogP contribution in [0, 0.1) is 5.82 Å². The van der Waals surface area contributed by atoms with Crippen LogP contribution in [0.1, 0.15) is 22.0 Å². The third kappa shape index (κ3) is 3.43. The first-order valence-corrected chi connectivity index (χ1v) is 6.13. The molecule has 0 radical (unpaired) electrons. The highest BCUT2D eigenvalue weighted by molar-refractivity contribution is 6.02. The summed E-state index contributed by atoms with van der Waals surface area (Å²) in [4.78, 5) is 23.1. The summed E-state index contributed by atoms with van der Waals surface area (Å²) in [6.45, 7) is 0. The standard InChI is InChI=1S/C15H13FN2O3/c16-10-6-7-11(15(20)21)12(8-10)18-14(19)13(17)9-4-2-1-3-5-9/h1-8,13H,17H2,(H,18,19)(H,20,21)/t13-/m0/s1. The molecular weight excluding hydrogens is 275 g/mol. The Bertz CT molecular complexity index is 674. The van der Waals surface area contributed by atoms with Crippen molar-refractivity contribution in [2.75, 3.05) is 5.32 Å². The molecule has 0 spiro atoms. The van der Waals surface area contributed by atoms with Gasteiger partial charge in [-0.3, -0.25) is 4.79 Å². The lowest BCUT2D eigenvalue weighted by Crippen LogP contribution is -2.28. The van der Waals surface area contributed by atoms with E-state index in [0.717, 1.165) is 18.2 Å². The molecule has 1 amide bonds. The first-order valence-electron chi connectivity index (χ1n) is 6.13. The zero-order chi connectivity index (χ0) is 15.4. The molecule has 5 nitrogen and oxygen atoms in total. The van der Waals surface area contributed by atoms with Crippen molar-refractivity contribution in [3.8, 4) is 0 Å². The van der Waals surface area contributed by atoms with Crippen LogP contribution in [0.3, 0.4) is 0 Å². The van der Waals surface area contributed by atoms with E-state index < -0.39 is 23.7 Å². The van der Waals surface area contributed by atoms with Crippen LogP contribution >= 0.6 is 0 Å². The molecule has 6 heteroatoms.